The molecular weight excluding hydrogens is 310 g/mol. The van der Waals surface area contributed by atoms with Crippen LogP contribution in [0.1, 0.15) is 15.9 Å². The first kappa shape index (κ1) is 17.2. The minimum atomic E-state index is -1.00. The summed E-state index contributed by atoms with van der Waals surface area (Å²) in [6, 6.07) is 16.3. The van der Waals surface area contributed by atoms with E-state index in [1.165, 1.54) is 19.2 Å². The fourth-order valence-corrected chi connectivity index (χ4v) is 2.07. The largest absolute Gasteiger partial charge is 0.467 e. The zero-order chi connectivity index (χ0) is 17.4. The molecular formula is C18H17NO5. The van der Waals surface area contributed by atoms with Gasteiger partial charge in [-0.3, -0.25) is 0 Å². The zero-order valence-corrected chi connectivity index (χ0v) is 13.1. The van der Waals surface area contributed by atoms with Gasteiger partial charge in [0.2, 0.25) is 0 Å². The molecule has 124 valence electrons. The maximum Gasteiger partial charge on any atom is 0.415 e. The highest BCUT2D eigenvalue weighted by Crippen LogP contribution is 2.06. The van der Waals surface area contributed by atoms with Crippen molar-refractivity contribution in [2.45, 2.75) is 12.5 Å². The van der Waals surface area contributed by atoms with Crippen LogP contribution >= 0.6 is 0 Å². The number of benzene rings is 2. The second kappa shape index (κ2) is 8.47. The normalized spacial score (nSPS) is 11.2. The second-order valence-electron chi connectivity index (χ2n) is 4.95. The van der Waals surface area contributed by atoms with E-state index in [0.29, 0.717) is 0 Å². The molecule has 24 heavy (non-hydrogen) atoms. The highest BCUT2D eigenvalue weighted by Gasteiger charge is 2.24. The Morgan fingerprint density at radius 3 is 2.12 bits per heavy atom. The molecule has 0 aliphatic rings. The molecule has 0 spiro atoms. The van der Waals surface area contributed by atoms with Gasteiger partial charge in [-0.25, -0.2) is 14.4 Å². The number of nitrogens with one attached hydrogen (secondary N) is 1. The number of hydrogen-bond acceptors (Lipinski definition) is 5. The predicted molar refractivity (Wildman–Crippen MR) is 86.3 cm³/mol. The number of amides is 1. The molecule has 0 heterocycles. The molecule has 0 aromatic heterocycles. The van der Waals surface area contributed by atoms with E-state index in [1.807, 2.05) is 30.3 Å². The molecule has 0 bridgehead atoms. The van der Waals surface area contributed by atoms with E-state index < -0.39 is 24.1 Å². The van der Waals surface area contributed by atoms with E-state index in [2.05, 4.69) is 10.1 Å². The third kappa shape index (κ3) is 4.95. The standard InChI is InChI=1S/C18H17NO5/c1-23-17(21)15(12-13-8-4-2-5-9-13)19-18(22)24-16(20)14-10-6-3-7-11-14/h2-11,15H,12H2,1H3,(H,19,22)/t15-/m0/s1. The number of methoxy groups -OCH3 is 1. The minimum Gasteiger partial charge on any atom is -0.467 e. The molecule has 0 radical (unpaired) electrons. The van der Waals surface area contributed by atoms with Crippen molar-refractivity contribution in [3.05, 3.63) is 71.8 Å². The van der Waals surface area contributed by atoms with Crippen molar-refractivity contribution < 1.29 is 23.9 Å². The summed E-state index contributed by atoms with van der Waals surface area (Å²) in [6.45, 7) is 0. The highest BCUT2D eigenvalue weighted by molar-refractivity contribution is 5.97. The first-order chi connectivity index (χ1) is 11.6. The summed E-state index contributed by atoms with van der Waals surface area (Å²) in [7, 11) is 1.22. The molecule has 2 rings (SSSR count). The van der Waals surface area contributed by atoms with Gasteiger partial charge in [0.1, 0.15) is 6.04 Å². The number of rotatable bonds is 5. The Morgan fingerprint density at radius 2 is 1.54 bits per heavy atom. The molecule has 6 heteroatoms. The van der Waals surface area contributed by atoms with E-state index in [9.17, 15) is 14.4 Å². The second-order valence-corrected chi connectivity index (χ2v) is 4.95. The average molecular weight is 327 g/mol. The molecule has 0 aliphatic heterocycles. The van der Waals surface area contributed by atoms with Crippen LogP contribution in [0.3, 0.4) is 0 Å². The zero-order valence-electron chi connectivity index (χ0n) is 13.1. The van der Waals surface area contributed by atoms with Crippen LogP contribution in [-0.2, 0) is 20.7 Å². The van der Waals surface area contributed by atoms with Gasteiger partial charge >= 0.3 is 18.0 Å². The van der Waals surface area contributed by atoms with Gasteiger partial charge in [0.15, 0.2) is 0 Å². The van der Waals surface area contributed by atoms with Gasteiger partial charge in [-0.15, -0.1) is 0 Å². The molecule has 1 amide bonds. The van der Waals surface area contributed by atoms with Crippen molar-refractivity contribution in [2.75, 3.05) is 7.11 Å². The van der Waals surface area contributed by atoms with Crippen LogP contribution in [-0.4, -0.2) is 31.2 Å². The van der Waals surface area contributed by atoms with Gasteiger partial charge in [-0.05, 0) is 17.7 Å². The molecule has 2 aromatic carbocycles. The lowest BCUT2D eigenvalue weighted by Gasteiger charge is -2.16. The summed E-state index contributed by atoms with van der Waals surface area (Å²) in [5.41, 5.74) is 1.08. The van der Waals surface area contributed by atoms with Crippen LogP contribution < -0.4 is 5.32 Å². The molecule has 6 nitrogen and oxygen atoms in total. The summed E-state index contributed by atoms with van der Waals surface area (Å²) in [4.78, 5) is 35.6. The summed E-state index contributed by atoms with van der Waals surface area (Å²) < 4.78 is 9.38. The van der Waals surface area contributed by atoms with Crippen molar-refractivity contribution in [3.63, 3.8) is 0 Å². The Morgan fingerprint density at radius 1 is 0.958 bits per heavy atom. The third-order valence-electron chi connectivity index (χ3n) is 3.26. The lowest BCUT2D eigenvalue weighted by molar-refractivity contribution is -0.142. The van der Waals surface area contributed by atoms with E-state index in [4.69, 9.17) is 4.74 Å². The maximum atomic E-state index is 11.9. The van der Waals surface area contributed by atoms with Gasteiger partial charge in [-0.1, -0.05) is 48.5 Å². The fraction of sp³-hybridized carbons (Fsp3) is 0.167. The van der Waals surface area contributed by atoms with Gasteiger partial charge in [0.05, 0.1) is 12.7 Å². The topological polar surface area (TPSA) is 81.7 Å². The van der Waals surface area contributed by atoms with Crippen molar-refractivity contribution in [3.8, 4) is 0 Å². The van der Waals surface area contributed by atoms with E-state index >= 15 is 0 Å². The smallest absolute Gasteiger partial charge is 0.415 e. The fourth-order valence-electron chi connectivity index (χ4n) is 2.07. The van der Waals surface area contributed by atoms with Crippen LogP contribution in [0.2, 0.25) is 0 Å². The van der Waals surface area contributed by atoms with Crippen LogP contribution in [0.4, 0.5) is 4.79 Å². The van der Waals surface area contributed by atoms with Crippen molar-refractivity contribution in [1.29, 1.82) is 0 Å². The minimum absolute atomic E-state index is 0.224. The Kier molecular flexibility index (Phi) is 6.08. The van der Waals surface area contributed by atoms with Gasteiger partial charge in [0.25, 0.3) is 0 Å². The van der Waals surface area contributed by atoms with Crippen LogP contribution in [0.15, 0.2) is 60.7 Å². The van der Waals surface area contributed by atoms with Gasteiger partial charge in [-0.2, -0.15) is 0 Å². The molecule has 2 aromatic rings. The van der Waals surface area contributed by atoms with Crippen molar-refractivity contribution in [1.82, 2.24) is 5.32 Å². The lowest BCUT2D eigenvalue weighted by Crippen LogP contribution is -2.43. The number of alkyl carbamates (subject to hydrolysis) is 1. The van der Waals surface area contributed by atoms with Gasteiger partial charge in [0, 0.05) is 6.42 Å². The summed E-state index contributed by atoms with van der Waals surface area (Å²) >= 11 is 0. The maximum absolute atomic E-state index is 11.9. The number of carbonyl (C=O) groups is 3. The van der Waals surface area contributed by atoms with Crippen molar-refractivity contribution in [2.24, 2.45) is 0 Å². The molecule has 0 unspecified atom stereocenters. The van der Waals surface area contributed by atoms with Crippen LogP contribution in [0.25, 0.3) is 0 Å². The molecule has 0 saturated carbocycles. The molecule has 1 N–H and O–H groups in total. The molecule has 0 fully saturated rings. The number of ether oxygens (including phenoxy) is 2. The summed E-state index contributed by atoms with van der Waals surface area (Å²) in [5, 5.41) is 2.36. The van der Waals surface area contributed by atoms with E-state index in [0.717, 1.165) is 5.56 Å². The quantitative estimate of drug-likeness (QED) is 0.673. The third-order valence-corrected chi connectivity index (χ3v) is 3.26. The monoisotopic (exact) mass is 327 g/mol. The van der Waals surface area contributed by atoms with Crippen LogP contribution in [0.5, 0.6) is 0 Å². The Balaban J connectivity index is 1.99. The molecule has 0 saturated heterocycles. The number of hydrogen-bond donors (Lipinski definition) is 1. The summed E-state index contributed by atoms with van der Waals surface area (Å²) in [6.07, 6.45) is -0.780. The van der Waals surface area contributed by atoms with Crippen LogP contribution in [0, 0.1) is 0 Å². The predicted octanol–water partition coefficient (Wildman–Crippen LogP) is 2.34. The van der Waals surface area contributed by atoms with E-state index in [-0.39, 0.29) is 12.0 Å². The number of esters is 2. The summed E-state index contributed by atoms with van der Waals surface area (Å²) in [5.74, 6) is -1.42. The lowest BCUT2D eigenvalue weighted by atomic mass is 10.1. The average Bonchev–Trinajstić information content (AvgIpc) is 2.62. The van der Waals surface area contributed by atoms with Crippen molar-refractivity contribution >= 4 is 18.0 Å². The Labute approximate surface area is 139 Å². The first-order valence-electron chi connectivity index (χ1n) is 7.29. The molecule has 0 aliphatic carbocycles. The van der Waals surface area contributed by atoms with E-state index in [1.54, 1.807) is 18.2 Å². The van der Waals surface area contributed by atoms with Gasteiger partial charge < -0.3 is 14.8 Å². The highest BCUT2D eigenvalue weighted by atomic mass is 16.6. The Bertz CT molecular complexity index is 700. The molecule has 1 atom stereocenters. The SMILES string of the molecule is COC(=O)[C@H](Cc1ccccc1)NC(=O)OC(=O)c1ccccc1. The first-order valence-corrected chi connectivity index (χ1v) is 7.29. The Hall–Kier alpha value is -3.15. The number of carbonyl (C=O) groups excluding carboxylic acids is 3.